The van der Waals surface area contributed by atoms with E-state index in [-0.39, 0.29) is 5.97 Å². The van der Waals surface area contributed by atoms with Gasteiger partial charge in [0.1, 0.15) is 11.0 Å². The molecule has 2 aromatic rings. The Bertz CT molecular complexity index is 599. The quantitative estimate of drug-likeness (QED) is 0.812. The minimum Gasteiger partial charge on any atom is -0.469 e. The van der Waals surface area contributed by atoms with E-state index in [4.69, 9.17) is 4.74 Å². The zero-order valence-corrected chi connectivity index (χ0v) is 12.4. The van der Waals surface area contributed by atoms with Gasteiger partial charge in [-0.15, -0.1) is 11.3 Å². The molecule has 1 aromatic heterocycles. The number of fused-ring (bicyclic) bond motifs is 1. The van der Waals surface area contributed by atoms with Crippen LogP contribution < -0.4 is 0 Å². The van der Waals surface area contributed by atoms with Gasteiger partial charge in [-0.25, -0.2) is 4.79 Å². The summed E-state index contributed by atoms with van der Waals surface area (Å²) < 4.78 is 11.0. The number of hydrogen-bond donors (Lipinski definition) is 0. The van der Waals surface area contributed by atoms with Crippen LogP contribution in [0.3, 0.4) is 0 Å². The molecule has 1 heterocycles. The molecule has 2 rings (SSSR count). The molecule has 0 radical (unpaired) electrons. The molecular weight excluding hydrogens is 276 g/mol. The SMILES string of the molecule is COC(=O)[C@@H](C)[C@H](C)OC(=O)c1cc2ccccc2s1. The Morgan fingerprint density at radius 3 is 2.55 bits per heavy atom. The van der Waals surface area contributed by atoms with Crippen molar-refractivity contribution < 1.29 is 19.1 Å². The molecule has 2 atom stereocenters. The zero-order chi connectivity index (χ0) is 14.7. The monoisotopic (exact) mass is 292 g/mol. The highest BCUT2D eigenvalue weighted by Crippen LogP contribution is 2.26. The number of esters is 2. The first kappa shape index (κ1) is 14.5. The van der Waals surface area contributed by atoms with Gasteiger partial charge in [0.25, 0.3) is 0 Å². The summed E-state index contributed by atoms with van der Waals surface area (Å²) in [4.78, 5) is 24.0. The minimum absolute atomic E-state index is 0.387. The molecule has 20 heavy (non-hydrogen) atoms. The van der Waals surface area contributed by atoms with E-state index in [2.05, 4.69) is 4.74 Å². The largest absolute Gasteiger partial charge is 0.469 e. The molecule has 0 spiro atoms. The summed E-state index contributed by atoms with van der Waals surface area (Å²) in [5, 5.41) is 1.01. The number of ether oxygens (including phenoxy) is 2. The van der Waals surface area contributed by atoms with Gasteiger partial charge in [-0.05, 0) is 31.4 Å². The first-order valence-corrected chi connectivity index (χ1v) is 7.12. The number of rotatable bonds is 4. The highest BCUT2D eigenvalue weighted by atomic mass is 32.1. The summed E-state index contributed by atoms with van der Waals surface area (Å²) in [5.74, 6) is -1.28. The second-order valence-electron chi connectivity index (χ2n) is 4.57. The summed E-state index contributed by atoms with van der Waals surface area (Å²) in [5.41, 5.74) is 0. The smallest absolute Gasteiger partial charge is 0.348 e. The van der Waals surface area contributed by atoms with Gasteiger partial charge in [0.05, 0.1) is 13.0 Å². The zero-order valence-electron chi connectivity index (χ0n) is 11.6. The van der Waals surface area contributed by atoms with Crippen molar-refractivity contribution in [2.45, 2.75) is 20.0 Å². The van der Waals surface area contributed by atoms with Gasteiger partial charge < -0.3 is 9.47 Å². The molecule has 0 fully saturated rings. The fraction of sp³-hybridized carbons (Fsp3) is 0.333. The summed E-state index contributed by atoms with van der Waals surface area (Å²) in [6.45, 7) is 3.36. The Kier molecular flexibility index (Phi) is 4.39. The van der Waals surface area contributed by atoms with Crippen molar-refractivity contribution >= 4 is 33.4 Å². The maximum Gasteiger partial charge on any atom is 0.348 e. The van der Waals surface area contributed by atoms with Crippen molar-refractivity contribution in [1.29, 1.82) is 0 Å². The van der Waals surface area contributed by atoms with Crippen molar-refractivity contribution in [3.63, 3.8) is 0 Å². The van der Waals surface area contributed by atoms with Crippen LogP contribution in [-0.2, 0) is 14.3 Å². The molecule has 0 N–H and O–H groups in total. The van der Waals surface area contributed by atoms with Crippen LogP contribution in [0.2, 0.25) is 0 Å². The Balaban J connectivity index is 2.09. The minimum atomic E-state index is -0.528. The van der Waals surface area contributed by atoms with Crippen LogP contribution in [0.5, 0.6) is 0 Å². The van der Waals surface area contributed by atoms with Crippen molar-refractivity contribution in [3.8, 4) is 0 Å². The van der Waals surface area contributed by atoms with Gasteiger partial charge in [-0.2, -0.15) is 0 Å². The number of benzene rings is 1. The van der Waals surface area contributed by atoms with Gasteiger partial charge in [0.15, 0.2) is 0 Å². The number of thiophene rings is 1. The predicted octanol–water partition coefficient (Wildman–Crippen LogP) is 3.26. The van der Waals surface area contributed by atoms with Gasteiger partial charge >= 0.3 is 11.9 Å². The Morgan fingerprint density at radius 1 is 1.20 bits per heavy atom. The molecular formula is C15H16O4S. The first-order chi connectivity index (χ1) is 9.52. The van der Waals surface area contributed by atoms with Gasteiger partial charge in [0, 0.05) is 4.70 Å². The van der Waals surface area contributed by atoms with Crippen LogP contribution in [0, 0.1) is 5.92 Å². The summed E-state index contributed by atoms with van der Waals surface area (Å²) in [6, 6.07) is 9.56. The van der Waals surface area contributed by atoms with Crippen LogP contribution in [0.15, 0.2) is 30.3 Å². The van der Waals surface area contributed by atoms with Crippen LogP contribution in [-0.4, -0.2) is 25.2 Å². The summed E-state index contributed by atoms with van der Waals surface area (Å²) >= 11 is 1.38. The highest BCUT2D eigenvalue weighted by Gasteiger charge is 2.25. The third-order valence-corrected chi connectivity index (χ3v) is 4.29. The highest BCUT2D eigenvalue weighted by molar-refractivity contribution is 7.20. The van der Waals surface area contributed by atoms with E-state index < -0.39 is 18.0 Å². The molecule has 0 amide bonds. The number of carbonyl (C=O) groups excluding carboxylic acids is 2. The third kappa shape index (κ3) is 2.99. The van der Waals surface area contributed by atoms with E-state index in [1.807, 2.05) is 24.3 Å². The fourth-order valence-corrected chi connectivity index (χ4v) is 2.73. The maximum absolute atomic E-state index is 12.1. The van der Waals surface area contributed by atoms with E-state index in [0.29, 0.717) is 4.88 Å². The van der Waals surface area contributed by atoms with Crippen LogP contribution in [0.25, 0.3) is 10.1 Å². The average molecular weight is 292 g/mol. The van der Waals surface area contributed by atoms with Crippen molar-refractivity contribution in [2.75, 3.05) is 7.11 Å². The molecule has 0 saturated heterocycles. The molecule has 5 heteroatoms. The lowest BCUT2D eigenvalue weighted by atomic mass is 10.1. The van der Waals surface area contributed by atoms with Crippen LogP contribution in [0.1, 0.15) is 23.5 Å². The standard InChI is InChI=1S/C15H16O4S/c1-9(14(16)18-3)10(2)19-15(17)13-8-11-6-4-5-7-12(11)20-13/h4-10H,1-3H3/t9-,10-/m0/s1. The topological polar surface area (TPSA) is 52.6 Å². The summed E-state index contributed by atoms with van der Waals surface area (Å²) in [6.07, 6.45) is -0.528. The predicted molar refractivity (Wildman–Crippen MR) is 77.9 cm³/mol. The Labute approximate surface area is 121 Å². The number of carbonyl (C=O) groups is 2. The molecule has 4 nitrogen and oxygen atoms in total. The van der Waals surface area contributed by atoms with Gasteiger partial charge in [-0.1, -0.05) is 18.2 Å². The van der Waals surface area contributed by atoms with Crippen LogP contribution >= 0.6 is 11.3 Å². The van der Waals surface area contributed by atoms with E-state index in [9.17, 15) is 9.59 Å². The second-order valence-corrected chi connectivity index (χ2v) is 5.65. The average Bonchev–Trinajstić information content (AvgIpc) is 2.89. The normalized spacial score (nSPS) is 13.8. The molecule has 106 valence electrons. The molecule has 0 bridgehead atoms. The van der Waals surface area contributed by atoms with Crippen molar-refractivity contribution in [2.24, 2.45) is 5.92 Å². The van der Waals surface area contributed by atoms with Crippen molar-refractivity contribution in [1.82, 2.24) is 0 Å². The van der Waals surface area contributed by atoms with Gasteiger partial charge in [-0.3, -0.25) is 4.79 Å². The third-order valence-electron chi connectivity index (χ3n) is 3.20. The molecule has 0 aliphatic carbocycles. The molecule has 1 aromatic carbocycles. The molecule has 0 aliphatic heterocycles. The maximum atomic E-state index is 12.1. The molecule has 0 aliphatic rings. The van der Waals surface area contributed by atoms with E-state index >= 15 is 0 Å². The fourth-order valence-electron chi connectivity index (χ4n) is 1.79. The molecule has 0 saturated carbocycles. The van der Waals surface area contributed by atoms with Crippen LogP contribution in [0.4, 0.5) is 0 Å². The lowest BCUT2D eigenvalue weighted by molar-refractivity contribution is -0.148. The molecule has 0 unspecified atom stereocenters. The lowest BCUT2D eigenvalue weighted by Gasteiger charge is -2.17. The second kappa shape index (κ2) is 6.05. The van der Waals surface area contributed by atoms with Crippen molar-refractivity contribution in [3.05, 3.63) is 35.2 Å². The number of methoxy groups -OCH3 is 1. The van der Waals surface area contributed by atoms with E-state index in [0.717, 1.165) is 10.1 Å². The summed E-state index contributed by atoms with van der Waals surface area (Å²) in [7, 11) is 1.32. The number of hydrogen-bond acceptors (Lipinski definition) is 5. The first-order valence-electron chi connectivity index (χ1n) is 6.30. The van der Waals surface area contributed by atoms with Gasteiger partial charge in [0.2, 0.25) is 0 Å². The van der Waals surface area contributed by atoms with E-state index in [1.165, 1.54) is 18.4 Å². The van der Waals surface area contributed by atoms with E-state index in [1.54, 1.807) is 19.9 Å². The Hall–Kier alpha value is -1.88. The lowest BCUT2D eigenvalue weighted by Crippen LogP contribution is -2.28. The Morgan fingerprint density at radius 2 is 1.90 bits per heavy atom.